The van der Waals surface area contributed by atoms with Gasteiger partial charge in [0.2, 0.25) is 0 Å². The van der Waals surface area contributed by atoms with Crippen LogP contribution in [0.25, 0.3) is 54.2 Å². The van der Waals surface area contributed by atoms with E-state index < -0.39 is 0 Å². The van der Waals surface area contributed by atoms with E-state index in [-0.39, 0.29) is 5.41 Å². The van der Waals surface area contributed by atoms with Crippen LogP contribution in [0, 0.1) is 0 Å². The fourth-order valence-electron chi connectivity index (χ4n) is 7.76. The molecule has 0 saturated carbocycles. The van der Waals surface area contributed by atoms with Gasteiger partial charge in [-0.15, -0.1) is 0 Å². The summed E-state index contributed by atoms with van der Waals surface area (Å²) < 4.78 is 0. The molecule has 1 nitrogen and oxygen atoms in total. The molecule has 0 radical (unpaired) electrons. The van der Waals surface area contributed by atoms with Gasteiger partial charge in [-0.2, -0.15) is 0 Å². The summed E-state index contributed by atoms with van der Waals surface area (Å²) in [4.78, 5) is 2.42. The van der Waals surface area contributed by atoms with E-state index in [1.807, 2.05) is 0 Å². The molecule has 0 heterocycles. The highest BCUT2D eigenvalue weighted by molar-refractivity contribution is 6.23. The lowest BCUT2D eigenvalue weighted by atomic mass is 9.80. The molecule has 1 heteroatoms. The molecule has 0 spiro atoms. The van der Waals surface area contributed by atoms with Gasteiger partial charge in [-0.05, 0) is 91.0 Å². The molecule has 8 aromatic carbocycles. The van der Waals surface area contributed by atoms with Crippen LogP contribution in [0.1, 0.15) is 25.0 Å². The van der Waals surface area contributed by atoms with E-state index in [1.165, 1.54) is 71.0 Å². The third-order valence-corrected chi connectivity index (χ3v) is 9.75. The van der Waals surface area contributed by atoms with Gasteiger partial charge >= 0.3 is 0 Å². The van der Waals surface area contributed by atoms with Crippen LogP contribution in [-0.4, -0.2) is 0 Å². The molecule has 0 saturated heterocycles. The Balaban J connectivity index is 1.40. The molecule has 0 fully saturated rings. The molecule has 0 atom stereocenters. The molecule has 0 aliphatic heterocycles. The first-order valence-corrected chi connectivity index (χ1v) is 15.5. The zero-order chi connectivity index (χ0) is 29.4. The van der Waals surface area contributed by atoms with E-state index in [1.54, 1.807) is 0 Å². The SMILES string of the molecule is CC1(C)c2cccc3ccc4cc(-c5c6ccccc6c(N(c6ccccc6)c6ccccc6)c6ccccc56)cc1c4c23. The van der Waals surface area contributed by atoms with Gasteiger partial charge in [0.15, 0.2) is 0 Å². The number of hydrogen-bond donors (Lipinski definition) is 0. The van der Waals surface area contributed by atoms with Gasteiger partial charge in [0, 0.05) is 27.6 Å². The molecule has 0 amide bonds. The summed E-state index contributed by atoms with van der Waals surface area (Å²) in [5.41, 5.74) is 8.85. The van der Waals surface area contributed by atoms with Crippen molar-refractivity contribution in [2.75, 3.05) is 4.90 Å². The second kappa shape index (κ2) is 9.30. The lowest BCUT2D eigenvalue weighted by Gasteiger charge is -2.29. The summed E-state index contributed by atoms with van der Waals surface area (Å²) >= 11 is 0. The molecule has 1 aliphatic rings. The Labute approximate surface area is 257 Å². The smallest absolute Gasteiger partial charge is 0.0618 e. The van der Waals surface area contributed by atoms with Gasteiger partial charge in [0.05, 0.1) is 5.69 Å². The molecule has 44 heavy (non-hydrogen) atoms. The van der Waals surface area contributed by atoms with Crippen LogP contribution >= 0.6 is 0 Å². The second-order valence-corrected chi connectivity index (χ2v) is 12.5. The van der Waals surface area contributed by atoms with Gasteiger partial charge in [-0.1, -0.05) is 129 Å². The normalized spacial score (nSPS) is 13.4. The highest BCUT2D eigenvalue weighted by Gasteiger charge is 2.34. The van der Waals surface area contributed by atoms with Crippen molar-refractivity contribution in [1.29, 1.82) is 0 Å². The van der Waals surface area contributed by atoms with E-state index in [9.17, 15) is 0 Å². The highest BCUT2D eigenvalue weighted by atomic mass is 15.1. The second-order valence-electron chi connectivity index (χ2n) is 12.5. The third kappa shape index (κ3) is 3.47. The molecular weight excluding hydrogens is 530 g/mol. The summed E-state index contributed by atoms with van der Waals surface area (Å²) in [5, 5.41) is 10.5. The molecule has 0 aromatic heterocycles. The maximum Gasteiger partial charge on any atom is 0.0618 e. The number of benzene rings is 8. The summed E-state index contributed by atoms with van der Waals surface area (Å²) in [6.45, 7) is 4.77. The maximum absolute atomic E-state index is 2.49. The van der Waals surface area contributed by atoms with E-state index in [0.29, 0.717) is 0 Å². The van der Waals surface area contributed by atoms with Crippen LogP contribution in [0.3, 0.4) is 0 Å². The molecule has 8 aromatic rings. The third-order valence-electron chi connectivity index (χ3n) is 9.75. The monoisotopic (exact) mass is 561 g/mol. The Bertz CT molecular complexity index is 2310. The number of fused-ring (bicyclic) bond motifs is 2. The molecule has 1 aliphatic carbocycles. The minimum Gasteiger partial charge on any atom is -0.309 e. The van der Waals surface area contributed by atoms with Crippen molar-refractivity contribution in [3.8, 4) is 11.1 Å². The van der Waals surface area contributed by atoms with Crippen molar-refractivity contribution in [1.82, 2.24) is 0 Å². The molecular formula is C43H31N. The van der Waals surface area contributed by atoms with Crippen molar-refractivity contribution >= 4 is 60.2 Å². The Morgan fingerprint density at radius 2 is 0.955 bits per heavy atom. The standard InChI is InChI=1S/C43H31N/c1-43(2)37-23-13-14-28-24-25-29-26-30(27-38(43)41(29)40(28)37)39-33-19-9-11-21-35(33)42(36-22-12-10-20-34(36)39)44(31-15-5-3-6-16-31)32-17-7-4-8-18-32/h3-27H,1-2H3. The number of para-hydroxylation sites is 2. The van der Waals surface area contributed by atoms with E-state index in [2.05, 4.69) is 170 Å². The number of rotatable bonds is 4. The Morgan fingerprint density at radius 3 is 1.57 bits per heavy atom. The first-order valence-electron chi connectivity index (χ1n) is 15.5. The van der Waals surface area contributed by atoms with Crippen molar-refractivity contribution in [3.05, 3.63) is 163 Å². The van der Waals surface area contributed by atoms with Gasteiger partial charge in [-0.25, -0.2) is 0 Å². The fourth-order valence-corrected chi connectivity index (χ4v) is 7.76. The summed E-state index contributed by atoms with van der Waals surface area (Å²) in [6, 6.07) is 55.7. The number of anilines is 3. The minimum atomic E-state index is -0.0690. The lowest BCUT2D eigenvalue weighted by molar-refractivity contribution is 0.663. The van der Waals surface area contributed by atoms with Gasteiger partial charge in [0.1, 0.15) is 0 Å². The first-order chi connectivity index (χ1) is 21.6. The lowest BCUT2D eigenvalue weighted by Crippen LogP contribution is -2.15. The van der Waals surface area contributed by atoms with Crippen LogP contribution in [0.15, 0.2) is 152 Å². The molecule has 208 valence electrons. The maximum atomic E-state index is 2.49. The van der Waals surface area contributed by atoms with Gasteiger partial charge in [0.25, 0.3) is 0 Å². The van der Waals surface area contributed by atoms with Crippen LogP contribution in [0.5, 0.6) is 0 Å². The van der Waals surface area contributed by atoms with Crippen molar-refractivity contribution in [2.24, 2.45) is 0 Å². The Hall–Kier alpha value is -5.40. The minimum absolute atomic E-state index is 0.0690. The number of nitrogens with zero attached hydrogens (tertiary/aromatic N) is 1. The van der Waals surface area contributed by atoms with Crippen molar-refractivity contribution < 1.29 is 0 Å². The van der Waals surface area contributed by atoms with E-state index in [4.69, 9.17) is 0 Å². The van der Waals surface area contributed by atoms with Crippen molar-refractivity contribution in [3.63, 3.8) is 0 Å². The van der Waals surface area contributed by atoms with Gasteiger partial charge in [-0.3, -0.25) is 0 Å². The highest BCUT2D eigenvalue weighted by Crippen LogP contribution is 2.52. The number of hydrogen-bond acceptors (Lipinski definition) is 1. The van der Waals surface area contributed by atoms with E-state index >= 15 is 0 Å². The molecule has 0 bridgehead atoms. The Morgan fingerprint density at radius 1 is 0.432 bits per heavy atom. The summed E-state index contributed by atoms with van der Waals surface area (Å²) in [6.07, 6.45) is 0. The van der Waals surface area contributed by atoms with Crippen LogP contribution in [0.4, 0.5) is 17.1 Å². The van der Waals surface area contributed by atoms with Gasteiger partial charge < -0.3 is 4.90 Å². The first kappa shape index (κ1) is 25.1. The average molecular weight is 562 g/mol. The molecule has 9 rings (SSSR count). The fraction of sp³-hybridized carbons (Fsp3) is 0.0698. The quantitative estimate of drug-likeness (QED) is 0.153. The summed E-state index contributed by atoms with van der Waals surface area (Å²) in [7, 11) is 0. The molecule has 0 unspecified atom stereocenters. The average Bonchev–Trinajstić information content (AvgIpc) is 3.31. The van der Waals surface area contributed by atoms with Crippen LogP contribution in [0.2, 0.25) is 0 Å². The predicted molar refractivity (Wildman–Crippen MR) is 189 cm³/mol. The van der Waals surface area contributed by atoms with Crippen LogP contribution in [-0.2, 0) is 5.41 Å². The summed E-state index contributed by atoms with van der Waals surface area (Å²) in [5.74, 6) is 0. The zero-order valence-corrected chi connectivity index (χ0v) is 24.9. The van der Waals surface area contributed by atoms with Crippen molar-refractivity contribution in [2.45, 2.75) is 19.3 Å². The topological polar surface area (TPSA) is 3.24 Å². The largest absolute Gasteiger partial charge is 0.309 e. The Kier molecular flexibility index (Phi) is 5.31. The van der Waals surface area contributed by atoms with Crippen LogP contribution < -0.4 is 4.90 Å². The zero-order valence-electron chi connectivity index (χ0n) is 24.9. The molecule has 0 N–H and O–H groups in total. The predicted octanol–water partition coefficient (Wildman–Crippen LogP) is 12.1. The van der Waals surface area contributed by atoms with E-state index in [0.717, 1.165) is 11.4 Å².